The van der Waals surface area contributed by atoms with Gasteiger partial charge < -0.3 is 10.1 Å². The maximum absolute atomic E-state index is 12.3. The molecule has 0 saturated carbocycles. The number of rotatable bonds is 6. The third-order valence-electron chi connectivity index (χ3n) is 3.47. The van der Waals surface area contributed by atoms with E-state index in [9.17, 15) is 8.42 Å². The zero-order valence-electron chi connectivity index (χ0n) is 15.3. The van der Waals surface area contributed by atoms with Gasteiger partial charge in [-0.2, -0.15) is 0 Å². The molecule has 0 spiro atoms. The zero-order chi connectivity index (χ0) is 18.7. The molecule has 0 amide bonds. The third-order valence-corrected chi connectivity index (χ3v) is 5.87. The summed E-state index contributed by atoms with van der Waals surface area (Å²) in [7, 11) is -3.44. The quantitative estimate of drug-likeness (QED) is 0.846. The van der Waals surface area contributed by atoms with Crippen molar-refractivity contribution in [1.29, 1.82) is 0 Å². The lowest BCUT2D eigenvalue weighted by Gasteiger charge is -2.18. The van der Waals surface area contributed by atoms with Crippen LogP contribution in [0.25, 0.3) is 0 Å². The average molecular weight is 363 g/mol. The first kappa shape index (κ1) is 19.2. The SMILES string of the molecule is CC(C)Oc1ccc(CNc2ccc(S(=O)(=O)C(C)(C)C)nc2)cn1. The van der Waals surface area contributed by atoms with Crippen LogP contribution in [0.3, 0.4) is 0 Å². The van der Waals surface area contributed by atoms with E-state index in [1.807, 2.05) is 26.0 Å². The Bertz CT molecular complexity index is 793. The Morgan fingerprint density at radius 3 is 2.28 bits per heavy atom. The van der Waals surface area contributed by atoms with E-state index in [0.717, 1.165) is 11.3 Å². The summed E-state index contributed by atoms with van der Waals surface area (Å²) in [5.74, 6) is 0.595. The first-order chi connectivity index (χ1) is 11.6. The fourth-order valence-electron chi connectivity index (χ4n) is 1.99. The van der Waals surface area contributed by atoms with Crippen molar-refractivity contribution in [3.63, 3.8) is 0 Å². The lowest BCUT2D eigenvalue weighted by atomic mass is 10.3. The Hall–Kier alpha value is -2.15. The van der Waals surface area contributed by atoms with Gasteiger partial charge in [0, 0.05) is 18.8 Å². The molecule has 2 aromatic rings. The van der Waals surface area contributed by atoms with Gasteiger partial charge in [-0.1, -0.05) is 6.07 Å². The summed E-state index contributed by atoms with van der Waals surface area (Å²) in [6, 6.07) is 7.01. The van der Waals surface area contributed by atoms with E-state index in [1.54, 1.807) is 33.0 Å². The molecule has 0 aliphatic heterocycles. The van der Waals surface area contributed by atoms with Gasteiger partial charge in [0.1, 0.15) is 0 Å². The predicted octanol–water partition coefficient (Wildman–Crippen LogP) is 3.45. The first-order valence-corrected chi connectivity index (χ1v) is 9.64. The van der Waals surface area contributed by atoms with E-state index in [2.05, 4.69) is 15.3 Å². The van der Waals surface area contributed by atoms with E-state index < -0.39 is 14.6 Å². The van der Waals surface area contributed by atoms with Crippen molar-refractivity contribution in [2.75, 3.05) is 5.32 Å². The highest BCUT2D eigenvalue weighted by Crippen LogP contribution is 2.24. The van der Waals surface area contributed by atoms with Gasteiger partial charge in [0.05, 0.1) is 22.7 Å². The number of anilines is 1. The first-order valence-electron chi connectivity index (χ1n) is 8.16. The van der Waals surface area contributed by atoms with Crippen LogP contribution in [0, 0.1) is 0 Å². The largest absolute Gasteiger partial charge is 0.475 e. The van der Waals surface area contributed by atoms with Gasteiger partial charge in [0.25, 0.3) is 0 Å². The second kappa shape index (κ2) is 7.39. The summed E-state index contributed by atoms with van der Waals surface area (Å²) < 4.78 is 29.3. The van der Waals surface area contributed by atoms with Crippen LogP contribution in [0.1, 0.15) is 40.2 Å². The van der Waals surface area contributed by atoms with Crippen molar-refractivity contribution >= 4 is 15.5 Å². The van der Waals surface area contributed by atoms with Crippen molar-refractivity contribution in [3.05, 3.63) is 42.2 Å². The van der Waals surface area contributed by atoms with Crippen molar-refractivity contribution in [1.82, 2.24) is 9.97 Å². The van der Waals surface area contributed by atoms with Gasteiger partial charge in [-0.05, 0) is 52.3 Å². The molecule has 0 aromatic carbocycles. The Balaban J connectivity index is 2.00. The highest BCUT2D eigenvalue weighted by molar-refractivity contribution is 7.92. The van der Waals surface area contributed by atoms with Crippen LogP contribution in [0.4, 0.5) is 5.69 Å². The fraction of sp³-hybridized carbons (Fsp3) is 0.444. The highest BCUT2D eigenvalue weighted by atomic mass is 32.2. The predicted molar refractivity (Wildman–Crippen MR) is 98.5 cm³/mol. The number of pyridine rings is 2. The number of hydrogen-bond donors (Lipinski definition) is 1. The number of nitrogens with zero attached hydrogens (tertiary/aromatic N) is 2. The Morgan fingerprint density at radius 2 is 1.80 bits per heavy atom. The molecule has 7 heteroatoms. The molecule has 2 rings (SSSR count). The van der Waals surface area contributed by atoms with Crippen molar-refractivity contribution < 1.29 is 13.2 Å². The van der Waals surface area contributed by atoms with E-state index in [0.29, 0.717) is 12.4 Å². The minimum Gasteiger partial charge on any atom is -0.475 e. The number of hydrogen-bond acceptors (Lipinski definition) is 6. The van der Waals surface area contributed by atoms with Crippen LogP contribution in [-0.2, 0) is 16.4 Å². The van der Waals surface area contributed by atoms with Crippen LogP contribution in [0.15, 0.2) is 41.7 Å². The van der Waals surface area contributed by atoms with Crippen LogP contribution >= 0.6 is 0 Å². The Morgan fingerprint density at radius 1 is 1.08 bits per heavy atom. The van der Waals surface area contributed by atoms with Gasteiger partial charge >= 0.3 is 0 Å². The van der Waals surface area contributed by atoms with Crippen LogP contribution < -0.4 is 10.1 Å². The number of nitrogens with one attached hydrogen (secondary N) is 1. The molecule has 25 heavy (non-hydrogen) atoms. The molecule has 0 saturated heterocycles. The van der Waals surface area contributed by atoms with Gasteiger partial charge in [-0.3, -0.25) is 0 Å². The monoisotopic (exact) mass is 363 g/mol. The molecule has 2 heterocycles. The maximum atomic E-state index is 12.3. The molecule has 0 bridgehead atoms. The molecule has 6 nitrogen and oxygen atoms in total. The van der Waals surface area contributed by atoms with Crippen LogP contribution in [-0.4, -0.2) is 29.2 Å². The van der Waals surface area contributed by atoms with Gasteiger partial charge in [0.2, 0.25) is 5.88 Å². The van der Waals surface area contributed by atoms with Crippen molar-refractivity contribution in [3.8, 4) is 5.88 Å². The van der Waals surface area contributed by atoms with Crippen LogP contribution in [0.2, 0.25) is 0 Å². The molecule has 1 N–H and O–H groups in total. The molecule has 136 valence electrons. The Labute approximate surface area is 149 Å². The number of sulfone groups is 1. The minimum absolute atomic E-state index is 0.0856. The third kappa shape index (κ3) is 4.92. The van der Waals surface area contributed by atoms with E-state index in [1.165, 1.54) is 12.3 Å². The summed E-state index contributed by atoms with van der Waals surface area (Å²) in [6.45, 7) is 9.45. The molecule has 0 radical (unpaired) electrons. The Kier molecular flexibility index (Phi) is 5.67. The lowest BCUT2D eigenvalue weighted by molar-refractivity contribution is 0.232. The number of ether oxygens (including phenoxy) is 1. The second-order valence-corrected chi connectivity index (χ2v) is 9.68. The van der Waals surface area contributed by atoms with Gasteiger partial charge in [-0.25, -0.2) is 18.4 Å². The summed E-state index contributed by atoms with van der Waals surface area (Å²) in [4.78, 5) is 8.34. The van der Waals surface area contributed by atoms with E-state index in [-0.39, 0.29) is 11.1 Å². The average Bonchev–Trinajstić information content (AvgIpc) is 2.53. The lowest BCUT2D eigenvalue weighted by Crippen LogP contribution is -2.28. The molecule has 0 aliphatic rings. The molecule has 0 fully saturated rings. The smallest absolute Gasteiger partial charge is 0.213 e. The highest BCUT2D eigenvalue weighted by Gasteiger charge is 2.31. The fourth-order valence-corrected chi connectivity index (χ4v) is 3.05. The van der Waals surface area contributed by atoms with Gasteiger partial charge in [0.15, 0.2) is 14.9 Å². The topological polar surface area (TPSA) is 81.2 Å². The molecule has 0 atom stereocenters. The molecule has 0 aliphatic carbocycles. The normalized spacial score (nSPS) is 12.2. The summed E-state index contributed by atoms with van der Waals surface area (Å²) in [6.07, 6.45) is 3.37. The summed E-state index contributed by atoms with van der Waals surface area (Å²) >= 11 is 0. The van der Waals surface area contributed by atoms with E-state index in [4.69, 9.17) is 4.74 Å². The maximum Gasteiger partial charge on any atom is 0.213 e. The minimum atomic E-state index is -3.44. The summed E-state index contributed by atoms with van der Waals surface area (Å²) in [5, 5.41) is 3.29. The second-order valence-electron chi connectivity index (χ2n) is 7.03. The zero-order valence-corrected chi connectivity index (χ0v) is 16.1. The summed E-state index contributed by atoms with van der Waals surface area (Å²) in [5.41, 5.74) is 1.73. The molecule has 0 unspecified atom stereocenters. The molecular formula is C18H25N3O3S. The molecular weight excluding hydrogens is 338 g/mol. The van der Waals surface area contributed by atoms with Crippen molar-refractivity contribution in [2.24, 2.45) is 0 Å². The number of aromatic nitrogens is 2. The standard InChI is InChI=1S/C18H25N3O3S/c1-13(2)24-16-8-6-14(11-20-16)10-19-15-7-9-17(21-12-15)25(22,23)18(3,4)5/h6-9,11-13,19H,10H2,1-5H3. The van der Waals surface area contributed by atoms with E-state index >= 15 is 0 Å². The molecule has 2 aromatic heterocycles. The van der Waals surface area contributed by atoms with Gasteiger partial charge in [-0.15, -0.1) is 0 Å². The van der Waals surface area contributed by atoms with Crippen molar-refractivity contribution in [2.45, 2.75) is 57.0 Å². The van der Waals surface area contributed by atoms with Crippen LogP contribution in [0.5, 0.6) is 5.88 Å².